The number of fused-ring (bicyclic) bond motifs is 1. The third-order valence-electron chi connectivity index (χ3n) is 5.37. The molecule has 0 radical (unpaired) electrons. The Labute approximate surface area is 208 Å². The maximum Gasteiger partial charge on any atom is 0.263 e. The Morgan fingerprint density at radius 2 is 1.92 bits per heavy atom. The fraction of sp³-hybridized carbons (Fsp3) is 0.0417. The topological polar surface area (TPSA) is 116 Å². The monoisotopic (exact) mass is 526 g/mol. The minimum Gasteiger partial charge on any atom is -0.495 e. The van der Waals surface area contributed by atoms with Crippen molar-refractivity contribution in [2.24, 2.45) is 0 Å². The number of benzene rings is 2. The van der Waals surface area contributed by atoms with E-state index in [-0.39, 0.29) is 27.7 Å². The molecule has 3 aromatic heterocycles. The van der Waals surface area contributed by atoms with Gasteiger partial charge in [0, 0.05) is 35.3 Å². The van der Waals surface area contributed by atoms with Gasteiger partial charge in [0.2, 0.25) is 0 Å². The predicted octanol–water partition coefficient (Wildman–Crippen LogP) is 4.64. The molecule has 1 N–H and O–H groups in total. The smallest absolute Gasteiger partial charge is 0.263 e. The van der Waals surface area contributed by atoms with Gasteiger partial charge in [-0.25, -0.2) is 12.8 Å². The molecule has 0 aliphatic carbocycles. The van der Waals surface area contributed by atoms with Crippen LogP contribution in [0.4, 0.5) is 10.2 Å². The van der Waals surface area contributed by atoms with Crippen molar-refractivity contribution in [3.63, 3.8) is 0 Å². The normalized spacial score (nSPS) is 11.5. The van der Waals surface area contributed by atoms with Crippen molar-refractivity contribution in [3.8, 4) is 22.7 Å². The lowest BCUT2D eigenvalue weighted by Gasteiger charge is -2.16. The molecule has 182 valence electrons. The Hall–Kier alpha value is -4.22. The lowest BCUT2D eigenvalue weighted by molar-refractivity contribution is 0.412. The van der Waals surface area contributed by atoms with Gasteiger partial charge in [-0.2, -0.15) is 0 Å². The number of aromatic nitrogens is 3. The van der Waals surface area contributed by atoms with Crippen molar-refractivity contribution in [1.29, 1.82) is 0 Å². The Balaban J connectivity index is 1.64. The zero-order valence-electron chi connectivity index (χ0n) is 18.5. The van der Waals surface area contributed by atoms with Crippen LogP contribution in [0.15, 0.2) is 87.3 Å². The summed E-state index contributed by atoms with van der Waals surface area (Å²) in [6.07, 6.45) is 2.63. The van der Waals surface area contributed by atoms with Crippen molar-refractivity contribution < 1.29 is 22.1 Å². The summed E-state index contributed by atoms with van der Waals surface area (Å²) in [5.41, 5.74) is 0.515. The summed E-state index contributed by atoms with van der Waals surface area (Å²) in [6.45, 7) is 0. The van der Waals surface area contributed by atoms with Crippen LogP contribution in [0.1, 0.15) is 0 Å². The summed E-state index contributed by atoms with van der Waals surface area (Å²) >= 11 is 5.88. The van der Waals surface area contributed by atoms with E-state index in [1.165, 1.54) is 72.7 Å². The van der Waals surface area contributed by atoms with E-state index in [1.54, 1.807) is 12.1 Å². The minimum atomic E-state index is -3.98. The maximum atomic E-state index is 15.2. The minimum absolute atomic E-state index is 0.0237. The van der Waals surface area contributed by atoms with E-state index in [0.29, 0.717) is 21.6 Å². The van der Waals surface area contributed by atoms with Crippen molar-refractivity contribution in [2.75, 3.05) is 11.8 Å². The van der Waals surface area contributed by atoms with Gasteiger partial charge in [0.05, 0.1) is 33.9 Å². The van der Waals surface area contributed by atoms with Crippen LogP contribution in [-0.2, 0) is 10.0 Å². The summed E-state index contributed by atoms with van der Waals surface area (Å²) in [7, 11) is -2.59. The molecule has 3 heterocycles. The molecule has 0 aliphatic heterocycles. The van der Waals surface area contributed by atoms with Gasteiger partial charge in [-0.15, -0.1) is 0 Å². The molecule has 0 spiro atoms. The molecule has 0 atom stereocenters. The number of hydrogen-bond donors (Lipinski definition) is 1. The molecule has 2 aromatic carbocycles. The quantitative estimate of drug-likeness (QED) is 0.342. The van der Waals surface area contributed by atoms with Crippen molar-refractivity contribution in [2.45, 2.75) is 4.90 Å². The average Bonchev–Trinajstić information content (AvgIpc) is 3.36. The van der Waals surface area contributed by atoms with E-state index in [2.05, 4.69) is 19.4 Å². The third kappa shape index (κ3) is 4.30. The lowest BCUT2D eigenvalue weighted by atomic mass is 10.1. The van der Waals surface area contributed by atoms with Gasteiger partial charge in [-0.05, 0) is 42.5 Å². The highest BCUT2D eigenvalue weighted by atomic mass is 35.5. The van der Waals surface area contributed by atoms with Gasteiger partial charge in [0.1, 0.15) is 17.8 Å². The number of sulfonamides is 1. The van der Waals surface area contributed by atoms with E-state index < -0.39 is 21.4 Å². The number of nitrogens with one attached hydrogen (secondary N) is 1. The highest BCUT2D eigenvalue weighted by Crippen LogP contribution is 2.33. The largest absolute Gasteiger partial charge is 0.495 e. The van der Waals surface area contributed by atoms with Gasteiger partial charge >= 0.3 is 0 Å². The number of hydrogen-bond acceptors (Lipinski definition) is 7. The van der Waals surface area contributed by atoms with Crippen LogP contribution in [0.5, 0.6) is 5.75 Å². The highest BCUT2D eigenvalue weighted by Gasteiger charge is 2.20. The van der Waals surface area contributed by atoms with E-state index >= 15 is 4.39 Å². The summed E-state index contributed by atoms with van der Waals surface area (Å²) in [5, 5.41) is 4.37. The zero-order chi connectivity index (χ0) is 25.4. The van der Waals surface area contributed by atoms with Crippen molar-refractivity contribution in [3.05, 3.63) is 94.3 Å². The predicted molar refractivity (Wildman–Crippen MR) is 132 cm³/mol. The third-order valence-corrected chi connectivity index (χ3v) is 6.94. The Morgan fingerprint density at radius 1 is 1.08 bits per heavy atom. The number of nitrogens with zero attached hydrogens (tertiary/aromatic N) is 3. The van der Waals surface area contributed by atoms with Crippen LogP contribution in [0, 0.1) is 5.82 Å². The lowest BCUT2D eigenvalue weighted by Crippen LogP contribution is -2.19. The SMILES string of the molecule is COc1cc(-c2ccc(Cl)cn2)c(F)cc1-n1c(=O)ccc2cc(S(=O)(=O)Nc3ccon3)ccc21. The Kier molecular flexibility index (Phi) is 5.94. The molecule has 5 aromatic rings. The summed E-state index contributed by atoms with van der Waals surface area (Å²) < 4.78 is 54.4. The second-order valence-electron chi connectivity index (χ2n) is 7.58. The van der Waals surface area contributed by atoms with Crippen LogP contribution in [-0.4, -0.2) is 30.2 Å². The molecule has 0 saturated carbocycles. The number of ether oxygens (including phenoxy) is 1. The number of halogens is 2. The summed E-state index contributed by atoms with van der Waals surface area (Å²) in [5.74, 6) is -0.404. The van der Waals surface area contributed by atoms with E-state index in [4.69, 9.17) is 16.3 Å². The van der Waals surface area contributed by atoms with Gasteiger partial charge in [-0.3, -0.25) is 19.1 Å². The van der Waals surface area contributed by atoms with Crippen LogP contribution < -0.4 is 15.0 Å². The first-order valence-electron chi connectivity index (χ1n) is 10.4. The molecule has 12 heteroatoms. The molecule has 0 fully saturated rings. The van der Waals surface area contributed by atoms with E-state index in [0.717, 1.165) is 0 Å². The van der Waals surface area contributed by atoms with Crippen molar-refractivity contribution in [1.82, 2.24) is 14.7 Å². The van der Waals surface area contributed by atoms with Crippen LogP contribution >= 0.6 is 11.6 Å². The number of methoxy groups -OCH3 is 1. The number of rotatable bonds is 6. The number of pyridine rings is 2. The van der Waals surface area contributed by atoms with Gasteiger partial charge in [-0.1, -0.05) is 16.8 Å². The summed E-state index contributed by atoms with van der Waals surface area (Å²) in [4.78, 5) is 17.0. The van der Waals surface area contributed by atoms with Crippen LogP contribution in [0.2, 0.25) is 5.02 Å². The van der Waals surface area contributed by atoms with Gasteiger partial charge in [0.25, 0.3) is 15.6 Å². The van der Waals surface area contributed by atoms with E-state index in [1.807, 2.05) is 0 Å². The first kappa shape index (κ1) is 23.5. The molecule has 36 heavy (non-hydrogen) atoms. The molecular weight excluding hydrogens is 511 g/mol. The fourth-order valence-electron chi connectivity index (χ4n) is 3.71. The molecule has 0 unspecified atom stereocenters. The van der Waals surface area contributed by atoms with Crippen LogP contribution in [0.25, 0.3) is 27.8 Å². The molecule has 9 nitrogen and oxygen atoms in total. The van der Waals surface area contributed by atoms with Crippen molar-refractivity contribution >= 4 is 38.3 Å². The zero-order valence-corrected chi connectivity index (χ0v) is 20.0. The molecular formula is C24H16ClFN4O5S. The van der Waals surface area contributed by atoms with Gasteiger partial charge in [0.15, 0.2) is 5.82 Å². The second kappa shape index (κ2) is 9.10. The Morgan fingerprint density at radius 3 is 2.61 bits per heavy atom. The van der Waals surface area contributed by atoms with Crippen LogP contribution in [0.3, 0.4) is 0 Å². The van der Waals surface area contributed by atoms with E-state index in [9.17, 15) is 13.2 Å². The summed E-state index contributed by atoms with van der Waals surface area (Å²) in [6, 6.07) is 14.0. The molecule has 0 saturated heterocycles. The average molecular weight is 527 g/mol. The molecule has 0 aliphatic rings. The Bertz CT molecular complexity index is 1750. The number of anilines is 1. The molecule has 0 amide bonds. The first-order chi connectivity index (χ1) is 17.3. The molecule has 5 rings (SSSR count). The highest BCUT2D eigenvalue weighted by molar-refractivity contribution is 7.92. The fourth-order valence-corrected chi connectivity index (χ4v) is 4.85. The first-order valence-corrected chi connectivity index (χ1v) is 12.2. The van der Waals surface area contributed by atoms with Gasteiger partial charge < -0.3 is 9.26 Å². The second-order valence-corrected chi connectivity index (χ2v) is 9.70. The molecule has 0 bridgehead atoms. The maximum absolute atomic E-state index is 15.2. The standard InChI is InChI=1S/C24H16ClFN4O5S/c1-34-22-11-17(19-5-3-15(25)13-27-19)18(26)12-21(22)30-20-6-4-16(10-14(20)2-7-24(30)31)36(32,33)29-23-8-9-35-28-23/h2-13H,1H3,(H,28,29).